The Bertz CT molecular complexity index is 4070. The van der Waals surface area contributed by atoms with Gasteiger partial charge in [0.15, 0.2) is 23.8 Å². The van der Waals surface area contributed by atoms with Crippen molar-refractivity contribution in [1.82, 2.24) is 37.2 Å². The van der Waals surface area contributed by atoms with Crippen LogP contribution in [0.5, 0.6) is 46.0 Å². The predicted octanol–water partition coefficient (Wildman–Crippen LogP) is 0.106. The van der Waals surface area contributed by atoms with Gasteiger partial charge >= 0.3 is 5.97 Å². The fourth-order valence-corrected chi connectivity index (χ4v) is 12.9. The normalized spacial score (nSPS) is 29.4. The maximum absolute atomic E-state index is 16.1. The number of aromatic hydroxyl groups is 3. The Hall–Kier alpha value is -9.20. The first-order valence-electron chi connectivity index (χ1n) is 31.6. The smallest absolute Gasteiger partial charge is 0.330 e. The summed E-state index contributed by atoms with van der Waals surface area (Å²) in [6.07, 6.45) is -19.0. The van der Waals surface area contributed by atoms with Gasteiger partial charge in [-0.1, -0.05) is 55.2 Å². The van der Waals surface area contributed by atoms with E-state index < -0.39 is 231 Å². The lowest BCUT2D eigenvalue weighted by molar-refractivity contribution is -0.277. The summed E-state index contributed by atoms with van der Waals surface area (Å²) < 4.78 is 38.0. The van der Waals surface area contributed by atoms with Crippen molar-refractivity contribution in [3.8, 4) is 57.1 Å². The highest BCUT2D eigenvalue weighted by Gasteiger charge is 2.49. The minimum Gasteiger partial charge on any atom is -0.508 e. The molecular formula is C66H75Cl2N9O24. The highest BCUT2D eigenvalue weighted by atomic mass is 35.5. The van der Waals surface area contributed by atoms with Crippen molar-refractivity contribution in [3.05, 3.63) is 117 Å². The molecule has 0 saturated carbocycles. The van der Waals surface area contributed by atoms with Crippen LogP contribution in [0.15, 0.2) is 78.9 Å². The number of fused-ring (bicyclic) bond motifs is 15. The summed E-state index contributed by atoms with van der Waals surface area (Å²) in [7, 11) is 1.47. The lowest BCUT2D eigenvalue weighted by Gasteiger charge is -2.44. The van der Waals surface area contributed by atoms with Crippen LogP contribution in [0, 0.1) is 5.92 Å². The molecule has 7 aliphatic rings. The molecule has 0 radical (unpaired) electrons. The van der Waals surface area contributed by atoms with E-state index in [1.165, 1.54) is 45.2 Å². The average Bonchev–Trinajstić information content (AvgIpc) is 0.770. The number of phenols is 3. The molecule has 33 nitrogen and oxygen atoms in total. The summed E-state index contributed by atoms with van der Waals surface area (Å²) >= 11 is 14.2. The first-order valence-corrected chi connectivity index (χ1v) is 32.4. The van der Waals surface area contributed by atoms with Gasteiger partial charge in [0.05, 0.1) is 41.3 Å². The Labute approximate surface area is 584 Å². The summed E-state index contributed by atoms with van der Waals surface area (Å²) in [6.45, 7) is 5.60. The average molecular weight is 1450 g/mol. The molecule has 5 aromatic rings. The Morgan fingerprint density at radius 2 is 1.33 bits per heavy atom. The number of carboxylic acids is 1. The summed E-state index contributed by atoms with van der Waals surface area (Å²) in [4.78, 5) is 118. The molecule has 5 aromatic carbocycles. The third-order valence-electron chi connectivity index (χ3n) is 17.8. The topological polar surface area (TPSA) is 530 Å². The molecule has 11 bridgehead atoms. The van der Waals surface area contributed by atoms with E-state index in [4.69, 9.17) is 63.1 Å². The number of carbonyl (C=O) groups is 8. The van der Waals surface area contributed by atoms with Gasteiger partial charge in [0, 0.05) is 34.7 Å². The molecule has 18 atom stereocenters. The number of aliphatic hydroxyl groups excluding tert-OH is 6. The second kappa shape index (κ2) is 30.2. The van der Waals surface area contributed by atoms with Crippen LogP contribution in [-0.4, -0.2) is 191 Å². The second-order valence-electron chi connectivity index (χ2n) is 25.7. The summed E-state index contributed by atoms with van der Waals surface area (Å²) in [5.74, 6) is -16.0. The highest BCUT2D eigenvalue weighted by Crippen LogP contribution is 2.50. The van der Waals surface area contributed by atoms with Gasteiger partial charge in [-0.2, -0.15) is 0 Å². The van der Waals surface area contributed by atoms with E-state index in [1.807, 2.05) is 13.8 Å². The number of hydrogen-bond acceptors (Lipinski definition) is 25. The molecule has 7 amide bonds. The molecule has 0 spiro atoms. The van der Waals surface area contributed by atoms with E-state index in [2.05, 4.69) is 37.2 Å². The minimum absolute atomic E-state index is 0.0953. The van der Waals surface area contributed by atoms with E-state index >= 15 is 19.2 Å². The van der Waals surface area contributed by atoms with E-state index in [0.29, 0.717) is 0 Å². The largest absolute Gasteiger partial charge is 0.508 e. The maximum Gasteiger partial charge on any atom is 0.330 e. The predicted molar refractivity (Wildman–Crippen MR) is 349 cm³/mol. The molecule has 35 heteroatoms. The summed E-state index contributed by atoms with van der Waals surface area (Å²) in [5.41, 5.74) is 8.15. The van der Waals surface area contributed by atoms with Crippen LogP contribution < -0.4 is 62.9 Å². The lowest BCUT2D eigenvalue weighted by atomic mass is 9.86. The van der Waals surface area contributed by atoms with E-state index in [9.17, 15) is 70.2 Å². The number of amides is 7. The van der Waals surface area contributed by atoms with Crippen LogP contribution in [0.25, 0.3) is 11.1 Å². The molecule has 542 valence electrons. The summed E-state index contributed by atoms with van der Waals surface area (Å²) in [6, 6.07) is -0.386. The number of benzene rings is 5. The molecule has 2 saturated heterocycles. The van der Waals surface area contributed by atoms with Crippen LogP contribution >= 0.6 is 23.2 Å². The molecule has 0 aromatic heterocycles. The van der Waals surface area contributed by atoms with Crippen molar-refractivity contribution in [2.45, 2.75) is 156 Å². The highest BCUT2D eigenvalue weighted by molar-refractivity contribution is 6.32. The number of rotatable bonds is 13. The molecule has 7 aliphatic heterocycles. The van der Waals surface area contributed by atoms with Gasteiger partial charge in [-0.05, 0) is 110 Å². The van der Waals surface area contributed by atoms with Crippen molar-refractivity contribution >= 4 is 70.5 Å². The number of nitrogens with one attached hydrogen (secondary N) is 7. The number of nitrogens with two attached hydrogens (primary N) is 2. The van der Waals surface area contributed by atoms with Gasteiger partial charge in [0.1, 0.15) is 95.6 Å². The van der Waals surface area contributed by atoms with Crippen LogP contribution in [0.4, 0.5) is 0 Å². The van der Waals surface area contributed by atoms with Crippen molar-refractivity contribution < 1.29 is 118 Å². The number of phenolic OH excluding ortho intramolecular Hbond substituents is 3. The SMILES string of the molecule is CN[C@H](CC(C)C)C(=O)N[C@H]1C(=O)N[C@@H](CC(N)=O)C(=O)N[C@H]2C(=O)N[C@H]3C(=O)N[C@H](C(=O)N[C@@H](C(=O)O)c4cc(O)cc(O)c4-c4cc3ccc4O)[C@H](O[C@H]3C[C@](C)(N)[C@@H](O)[C@H](C)O3)c3ccc(c(Cl)c3)Oc3cc2cc(c3O[C@@H]2O[C@H](CO)[C@@H](O)[C@H](O)[C@H]2O)Oc2ccc(cc2Cl)[C@H]1O. The fraction of sp³-hybridized carbons (Fsp3) is 0.424. The van der Waals surface area contributed by atoms with Gasteiger partial charge in [0.25, 0.3) is 0 Å². The first kappa shape index (κ1) is 74.5. The third kappa shape index (κ3) is 15.8. The number of aliphatic carboxylic acids is 1. The number of primary amides is 1. The van der Waals surface area contributed by atoms with Crippen molar-refractivity contribution in [1.29, 1.82) is 0 Å². The molecule has 7 heterocycles. The quantitative estimate of drug-likeness (QED) is 0.0743. The van der Waals surface area contributed by atoms with Crippen LogP contribution in [0.1, 0.15) is 105 Å². The molecule has 21 N–H and O–H groups in total. The fourth-order valence-electron chi connectivity index (χ4n) is 12.5. The zero-order valence-electron chi connectivity index (χ0n) is 54.3. The number of likely N-dealkylation sites (N-methyl/N-ethyl adjacent to an activating group) is 1. The Morgan fingerprint density at radius 1 is 0.713 bits per heavy atom. The minimum atomic E-state index is -2.35. The number of aliphatic hydroxyl groups is 6. The molecule has 2 fully saturated rings. The first-order chi connectivity index (χ1) is 47.7. The zero-order chi connectivity index (χ0) is 73.5. The summed E-state index contributed by atoms with van der Waals surface area (Å²) in [5, 5.41) is 129. The second-order valence-corrected chi connectivity index (χ2v) is 26.5. The number of hydrogen-bond donors (Lipinski definition) is 19. The van der Waals surface area contributed by atoms with Crippen molar-refractivity contribution in [3.63, 3.8) is 0 Å². The Morgan fingerprint density at radius 3 is 1.93 bits per heavy atom. The van der Waals surface area contributed by atoms with E-state index in [1.54, 1.807) is 0 Å². The van der Waals surface area contributed by atoms with Crippen LogP contribution in [0.2, 0.25) is 10.0 Å². The van der Waals surface area contributed by atoms with Crippen LogP contribution in [-0.2, 0) is 52.6 Å². The number of ether oxygens (including phenoxy) is 6. The third-order valence-corrected chi connectivity index (χ3v) is 18.4. The van der Waals surface area contributed by atoms with Gasteiger partial charge in [-0.3, -0.25) is 33.6 Å². The molecule has 0 unspecified atom stereocenters. The molecule has 101 heavy (non-hydrogen) atoms. The molecular weight excluding hydrogens is 1370 g/mol. The maximum atomic E-state index is 16.1. The van der Waals surface area contributed by atoms with Gasteiger partial charge in [-0.25, -0.2) is 4.79 Å². The Kier molecular flexibility index (Phi) is 22.2. The van der Waals surface area contributed by atoms with Crippen molar-refractivity contribution in [2.24, 2.45) is 17.4 Å². The van der Waals surface area contributed by atoms with Gasteiger partial charge in [0.2, 0.25) is 53.4 Å². The Balaban J connectivity index is 1.26. The number of carbonyl (C=O) groups excluding carboxylic acids is 7. The van der Waals surface area contributed by atoms with E-state index in [-0.39, 0.29) is 52.0 Å². The number of carboxylic acid groups (broad SMARTS) is 1. The standard InChI is InChI=1S/C66H75Cl2N9O24/c1-23(2)12-34(71-5)58(88)76-49-51(83)26-7-10-38(32(67)14-26)97-40-16-28-17-41(56(40)101-65-54(86)53(85)52(84)42(22-78)99-65)98-39-11-8-27(15-33(39)68)55(100-44-21-66(4,70)57(87)24(3)96-44)50-63(93)75-48(64(94)95)31-18-29(79)19-37(81)45(31)30-13-25(6-9-36(30)80)46(60(90)77-50)74-61(91)47(28)73-59(89)35(20-43(69)82)72-62(49)92/h6-11,13-19,23-24,34-35,42,44,46-55,57,65,71,78-81,83-87H,12,20-22,70H2,1-5H3,(H2,69,82)(H,72,92)(H,73,89)(H,74,91)(H,75,93)(H,76,88)(H,77,90)(H,94,95)/t24-,34+,35-,42+,44-,46+,47+,48+,49+,50-,51+,52+,53-,54+,55+,57-,65-,66-/m0/s1. The number of halogens is 2. The molecule has 0 aliphatic carbocycles. The van der Waals surface area contributed by atoms with Gasteiger partial charge in [-0.15, -0.1) is 0 Å². The zero-order valence-corrected chi connectivity index (χ0v) is 55.8. The van der Waals surface area contributed by atoms with Crippen LogP contribution in [0.3, 0.4) is 0 Å². The lowest BCUT2D eigenvalue weighted by Crippen LogP contribution is -2.61. The van der Waals surface area contributed by atoms with Gasteiger partial charge < -0.3 is 128 Å². The molecule has 12 rings (SSSR count). The van der Waals surface area contributed by atoms with E-state index in [0.717, 1.165) is 54.6 Å². The van der Waals surface area contributed by atoms with Crippen molar-refractivity contribution in [2.75, 3.05) is 13.7 Å². The monoisotopic (exact) mass is 1450 g/mol.